The van der Waals surface area contributed by atoms with E-state index in [2.05, 4.69) is 218 Å². The molecule has 0 amide bonds. The van der Waals surface area contributed by atoms with Crippen LogP contribution in [0.3, 0.4) is 0 Å². The van der Waals surface area contributed by atoms with E-state index in [1.54, 1.807) is 0 Å². The summed E-state index contributed by atoms with van der Waals surface area (Å²) < 4.78 is 0. The van der Waals surface area contributed by atoms with Crippen molar-refractivity contribution in [3.8, 4) is 74.5 Å². The molecule has 8 heteroatoms. The van der Waals surface area contributed by atoms with Crippen LogP contribution in [0.25, 0.3) is 109 Å². The van der Waals surface area contributed by atoms with Gasteiger partial charge in [-0.1, -0.05) is 177 Å². The molecule has 446 valence electrons. The number of nitrogens with one attached hydrogen (secondary N) is 2. The van der Waals surface area contributed by atoms with E-state index in [0.717, 1.165) is 104 Å². The number of aryl methyl sites for hydroxylation is 4. The van der Waals surface area contributed by atoms with E-state index in [-0.39, 0.29) is 0 Å². The van der Waals surface area contributed by atoms with Gasteiger partial charge < -0.3 is 9.97 Å². The highest BCUT2D eigenvalue weighted by molar-refractivity contribution is 7.24. The van der Waals surface area contributed by atoms with Crippen molar-refractivity contribution in [3.63, 3.8) is 0 Å². The van der Waals surface area contributed by atoms with Crippen LogP contribution in [-0.4, -0.2) is 19.9 Å². The first-order chi connectivity index (χ1) is 43.4. The van der Waals surface area contributed by atoms with Crippen LogP contribution in [0.15, 0.2) is 144 Å². The molecule has 12 rings (SSSR count). The summed E-state index contributed by atoms with van der Waals surface area (Å²) in [6.45, 7) is 9.25. The molecule has 2 N–H and O–H groups in total. The van der Waals surface area contributed by atoms with Gasteiger partial charge in [0.1, 0.15) is 0 Å². The number of aromatic amines is 2. The van der Waals surface area contributed by atoms with E-state index in [1.807, 2.05) is 45.3 Å². The van der Waals surface area contributed by atoms with E-state index in [9.17, 15) is 0 Å². The molecule has 0 saturated heterocycles. The molecular weight excluding hydrogens is 1150 g/mol. The maximum Gasteiger partial charge on any atom is 0.0816 e. The Balaban J connectivity index is 1.08. The van der Waals surface area contributed by atoms with Gasteiger partial charge in [-0.3, -0.25) is 0 Å². The molecule has 2 aliphatic rings. The predicted molar refractivity (Wildman–Crippen MR) is 387 cm³/mol. The van der Waals surface area contributed by atoms with Gasteiger partial charge in [0.25, 0.3) is 0 Å². The van der Waals surface area contributed by atoms with Crippen LogP contribution in [0.5, 0.6) is 0 Å². The number of hydrogen-bond acceptors (Lipinski definition) is 6. The summed E-state index contributed by atoms with van der Waals surface area (Å²) >= 11 is 7.85. The Kier molecular flexibility index (Phi) is 20.6. The molecular formula is C80H82N4S4. The highest BCUT2D eigenvalue weighted by atomic mass is 32.1. The minimum atomic E-state index is 0.794. The zero-order valence-electron chi connectivity index (χ0n) is 51.8. The third-order valence-electron chi connectivity index (χ3n) is 17.2. The summed E-state index contributed by atoms with van der Waals surface area (Å²) in [4.78, 5) is 27.1. The van der Waals surface area contributed by atoms with E-state index >= 15 is 0 Å². The lowest BCUT2D eigenvalue weighted by atomic mass is 9.96. The van der Waals surface area contributed by atoms with Crippen LogP contribution >= 0.6 is 45.3 Å². The molecule has 8 bridgehead atoms. The number of aromatic nitrogens is 4. The second kappa shape index (κ2) is 29.7. The predicted octanol–water partition coefficient (Wildman–Crippen LogP) is 24.8. The van der Waals surface area contributed by atoms with Crippen LogP contribution in [0.1, 0.15) is 187 Å². The normalized spacial score (nSPS) is 11.9. The van der Waals surface area contributed by atoms with Crippen molar-refractivity contribution in [2.75, 3.05) is 0 Å². The van der Waals surface area contributed by atoms with Gasteiger partial charge in [-0.15, -0.1) is 45.3 Å². The first-order valence-corrected chi connectivity index (χ1v) is 36.1. The summed E-state index contributed by atoms with van der Waals surface area (Å²) in [6, 6.07) is 49.4. The zero-order chi connectivity index (χ0) is 60.0. The van der Waals surface area contributed by atoms with Gasteiger partial charge in [0.2, 0.25) is 0 Å². The molecule has 0 aliphatic carbocycles. The SMILES string of the molecule is CCCCCCc1cc(-c2sccc2CCCCCC)sc1-c1cc(C#Cc2c3nc(c(-c4ccccc4)c4ccc(cc5ccc([nH]5)c(-c5ccccc5)c5nc2C=C5)[nH]4)C=C3)cc(-c2sc(-c3sccc3CCCCCC)cc2CCCCCC)c1. The molecule has 9 heterocycles. The first-order valence-electron chi connectivity index (χ1n) is 32.8. The molecule has 0 atom stereocenters. The lowest BCUT2D eigenvalue weighted by Gasteiger charge is -2.10. The molecule has 4 nitrogen and oxygen atoms in total. The van der Waals surface area contributed by atoms with Crippen molar-refractivity contribution < 1.29 is 0 Å². The summed E-state index contributed by atoms with van der Waals surface area (Å²) in [6.07, 6.45) is 32.9. The van der Waals surface area contributed by atoms with Crippen molar-refractivity contribution in [2.24, 2.45) is 0 Å². The fraction of sp³-hybridized carbons (Fsp3) is 0.300. The molecule has 2 aliphatic heterocycles. The van der Waals surface area contributed by atoms with Gasteiger partial charge in [0.05, 0.1) is 28.3 Å². The number of rotatable bonds is 26. The minimum Gasteiger partial charge on any atom is -0.355 e. The van der Waals surface area contributed by atoms with Crippen molar-refractivity contribution in [2.45, 2.75) is 156 Å². The summed E-state index contributed by atoms with van der Waals surface area (Å²) in [7, 11) is 0. The quantitative estimate of drug-likeness (QED) is 0.0419. The maximum absolute atomic E-state index is 5.55. The van der Waals surface area contributed by atoms with Crippen molar-refractivity contribution in [1.29, 1.82) is 0 Å². The third kappa shape index (κ3) is 14.4. The molecule has 88 heavy (non-hydrogen) atoms. The summed E-state index contributed by atoms with van der Waals surface area (Å²) in [5.74, 6) is 7.76. The maximum atomic E-state index is 5.55. The van der Waals surface area contributed by atoms with Crippen LogP contribution in [0, 0.1) is 11.8 Å². The lowest BCUT2D eigenvalue weighted by molar-refractivity contribution is 0.667. The summed E-state index contributed by atoms with van der Waals surface area (Å²) in [5, 5.41) is 4.65. The fourth-order valence-corrected chi connectivity index (χ4v) is 17.2. The van der Waals surface area contributed by atoms with Crippen LogP contribution in [0.2, 0.25) is 0 Å². The Morgan fingerprint density at radius 3 is 1.22 bits per heavy atom. The summed E-state index contributed by atoms with van der Waals surface area (Å²) in [5.41, 5.74) is 21.8. The highest BCUT2D eigenvalue weighted by Gasteiger charge is 2.22. The largest absolute Gasteiger partial charge is 0.355 e. The Morgan fingerprint density at radius 2 is 0.784 bits per heavy atom. The number of fused-ring (bicyclic) bond motifs is 8. The van der Waals surface area contributed by atoms with Crippen LogP contribution < -0.4 is 0 Å². The van der Waals surface area contributed by atoms with Gasteiger partial charge >= 0.3 is 0 Å². The van der Waals surface area contributed by atoms with Crippen molar-refractivity contribution >= 4 is 91.7 Å². The van der Waals surface area contributed by atoms with Gasteiger partial charge in [0, 0.05) is 68.0 Å². The molecule has 7 aromatic heterocycles. The van der Waals surface area contributed by atoms with Gasteiger partial charge in [-0.25, -0.2) is 9.97 Å². The number of H-pyrrole nitrogens is 2. The highest BCUT2D eigenvalue weighted by Crippen LogP contribution is 2.47. The average Bonchev–Trinajstić information content (AvgIpc) is 2.19. The lowest BCUT2D eigenvalue weighted by Crippen LogP contribution is -1.92. The number of benzene rings is 3. The minimum absolute atomic E-state index is 0.794. The van der Waals surface area contributed by atoms with Gasteiger partial charge in [-0.2, -0.15) is 0 Å². The molecule has 0 fully saturated rings. The molecule has 10 aromatic rings. The van der Waals surface area contributed by atoms with E-state index < -0.39 is 0 Å². The molecule has 0 radical (unpaired) electrons. The second-order valence-corrected chi connectivity index (χ2v) is 27.8. The van der Waals surface area contributed by atoms with E-state index in [1.165, 1.54) is 165 Å². The van der Waals surface area contributed by atoms with Crippen LogP contribution in [-0.2, 0) is 25.7 Å². The Labute approximate surface area is 538 Å². The molecule has 0 unspecified atom stereocenters. The second-order valence-electron chi connectivity index (χ2n) is 23.9. The number of thiophene rings is 4. The standard InChI is InChI=1S/C80H82N4S4/c1-5-9-13-19-31-58-45-47-85-79(58)73-52-60(33-21-15-11-7-3)77(87-73)62-49-55(50-63(51-62)78-61(34-22-16-12-8-4)53-74(88-78)80-59(46-48-86-80)32-20-14-10-6-2)35-38-66-67-41-43-71(83-67)75(56-27-23-17-24-28-56)69-39-36-64(81-69)54-65-37-40-70(82-65)76(57-29-25-18-26-30-57)72-44-42-68(66)84-72/h17-18,23-30,36-37,39-54,81-82H,5-16,19-22,31-34H2,1-4H3. The number of hydrogen-bond donors (Lipinski definition) is 2. The van der Waals surface area contributed by atoms with Crippen molar-refractivity contribution in [1.82, 2.24) is 19.9 Å². The molecule has 0 saturated carbocycles. The Morgan fingerprint density at radius 1 is 0.364 bits per heavy atom. The monoisotopic (exact) mass is 1230 g/mol. The first kappa shape index (κ1) is 60.9. The van der Waals surface area contributed by atoms with Crippen LogP contribution in [0.4, 0.5) is 0 Å². The molecule has 0 spiro atoms. The van der Waals surface area contributed by atoms with Gasteiger partial charge in [0.15, 0.2) is 0 Å². The Bertz CT molecular complexity index is 4030. The van der Waals surface area contributed by atoms with E-state index in [4.69, 9.17) is 9.97 Å². The smallest absolute Gasteiger partial charge is 0.0816 e. The number of unbranched alkanes of at least 4 members (excludes halogenated alkanes) is 12. The Hall–Kier alpha value is -7.38. The topological polar surface area (TPSA) is 57.4 Å². The average molecular weight is 1230 g/mol. The zero-order valence-corrected chi connectivity index (χ0v) is 55.1. The molecule has 3 aromatic carbocycles. The third-order valence-corrected chi connectivity index (χ3v) is 22.0. The number of nitrogens with zero attached hydrogens (tertiary/aromatic N) is 2. The van der Waals surface area contributed by atoms with Gasteiger partial charge in [-0.05, 0) is 204 Å². The fourth-order valence-electron chi connectivity index (χ4n) is 12.6. The van der Waals surface area contributed by atoms with Crippen molar-refractivity contribution in [3.05, 3.63) is 200 Å². The van der Waals surface area contributed by atoms with E-state index in [0.29, 0.717) is 0 Å².